The van der Waals surface area contributed by atoms with Crippen LogP contribution in [-0.2, 0) is 4.79 Å². The van der Waals surface area contributed by atoms with E-state index in [0.29, 0.717) is 0 Å². The molecular weight excluding hydrogens is 234 g/mol. The first-order valence-corrected chi connectivity index (χ1v) is 5.39. The van der Waals surface area contributed by atoms with Crippen molar-refractivity contribution in [3.8, 4) is 6.07 Å². The van der Waals surface area contributed by atoms with Gasteiger partial charge in [-0.15, -0.1) is 0 Å². The number of nitrogens with zero attached hydrogens (tertiary/aromatic N) is 2. The predicted octanol–water partition coefficient (Wildman–Crippen LogP) is 0.814. The maximum absolute atomic E-state index is 11.7. The van der Waals surface area contributed by atoms with Crippen molar-refractivity contribution in [1.82, 2.24) is 10.3 Å². The highest BCUT2D eigenvalue weighted by molar-refractivity contribution is 5.94. The van der Waals surface area contributed by atoms with Crippen LogP contribution in [0, 0.1) is 17.2 Å². The van der Waals surface area contributed by atoms with Crippen LogP contribution in [0.3, 0.4) is 0 Å². The Morgan fingerprint density at radius 3 is 2.78 bits per heavy atom. The minimum absolute atomic E-state index is 0.0599. The van der Waals surface area contributed by atoms with Crippen LogP contribution in [0.25, 0.3) is 0 Å². The molecule has 0 bridgehead atoms. The lowest BCUT2D eigenvalue weighted by Crippen LogP contribution is -2.42. The third-order valence-corrected chi connectivity index (χ3v) is 2.31. The Morgan fingerprint density at radius 2 is 2.28 bits per heavy atom. The molecule has 2 N–H and O–H groups in total. The number of rotatable bonds is 5. The molecule has 18 heavy (non-hydrogen) atoms. The van der Waals surface area contributed by atoms with Gasteiger partial charge in [0.25, 0.3) is 5.91 Å². The minimum Gasteiger partial charge on any atom is -0.480 e. The summed E-state index contributed by atoms with van der Waals surface area (Å²) < 4.78 is 0. The number of aliphatic carboxylic acids is 1. The number of pyridine rings is 1. The van der Waals surface area contributed by atoms with Gasteiger partial charge in [0.15, 0.2) is 0 Å². The first kappa shape index (κ1) is 13.6. The zero-order valence-corrected chi connectivity index (χ0v) is 9.83. The fourth-order valence-electron chi connectivity index (χ4n) is 1.36. The molecule has 6 heteroatoms. The molecule has 2 atom stereocenters. The summed E-state index contributed by atoms with van der Waals surface area (Å²) in [7, 11) is 0. The number of nitriles is 1. The van der Waals surface area contributed by atoms with Crippen molar-refractivity contribution in [2.24, 2.45) is 5.92 Å². The Morgan fingerprint density at radius 1 is 1.56 bits per heavy atom. The average molecular weight is 247 g/mol. The van der Waals surface area contributed by atoms with Gasteiger partial charge < -0.3 is 10.4 Å². The van der Waals surface area contributed by atoms with Gasteiger partial charge in [-0.1, -0.05) is 6.07 Å². The van der Waals surface area contributed by atoms with Gasteiger partial charge in [-0.25, -0.2) is 4.79 Å². The normalized spacial score (nSPS) is 13.1. The molecule has 0 aliphatic carbocycles. The fourth-order valence-corrected chi connectivity index (χ4v) is 1.36. The van der Waals surface area contributed by atoms with E-state index in [2.05, 4.69) is 10.3 Å². The maximum Gasteiger partial charge on any atom is 0.326 e. The molecule has 0 spiro atoms. The average Bonchev–Trinajstić information content (AvgIpc) is 2.38. The van der Waals surface area contributed by atoms with Gasteiger partial charge in [0.2, 0.25) is 0 Å². The lowest BCUT2D eigenvalue weighted by atomic mass is 10.0. The van der Waals surface area contributed by atoms with Gasteiger partial charge in [0, 0.05) is 12.1 Å². The van der Waals surface area contributed by atoms with Crippen molar-refractivity contribution >= 4 is 11.9 Å². The van der Waals surface area contributed by atoms with Crippen LogP contribution in [0.2, 0.25) is 0 Å². The topological polar surface area (TPSA) is 103 Å². The van der Waals surface area contributed by atoms with Gasteiger partial charge in [0.05, 0.1) is 6.07 Å². The standard InChI is InChI=1S/C12H13N3O3/c1-8(7-13)6-10(12(17)18)15-11(16)9-4-2-3-5-14-9/h2-5,8,10H,6H2,1H3,(H,15,16)(H,17,18)/t8-,10+/m0/s1. The molecule has 1 heterocycles. The van der Waals surface area contributed by atoms with Crippen LogP contribution in [0.4, 0.5) is 0 Å². The summed E-state index contributed by atoms with van der Waals surface area (Å²) in [5.41, 5.74) is 0.147. The molecule has 0 saturated heterocycles. The molecule has 1 amide bonds. The number of nitrogens with one attached hydrogen (secondary N) is 1. The van der Waals surface area contributed by atoms with Crippen molar-refractivity contribution in [3.05, 3.63) is 30.1 Å². The van der Waals surface area contributed by atoms with E-state index in [4.69, 9.17) is 10.4 Å². The molecule has 1 rings (SSSR count). The van der Waals surface area contributed by atoms with E-state index in [1.54, 1.807) is 19.1 Å². The summed E-state index contributed by atoms with van der Waals surface area (Å²) in [6, 6.07) is 5.62. The number of amides is 1. The Hall–Kier alpha value is -2.42. The third-order valence-electron chi connectivity index (χ3n) is 2.31. The molecule has 94 valence electrons. The zero-order valence-electron chi connectivity index (χ0n) is 9.83. The first-order valence-electron chi connectivity index (χ1n) is 5.39. The van der Waals surface area contributed by atoms with Crippen molar-refractivity contribution in [2.45, 2.75) is 19.4 Å². The van der Waals surface area contributed by atoms with E-state index in [-0.39, 0.29) is 12.1 Å². The van der Waals surface area contributed by atoms with Crippen LogP contribution >= 0.6 is 0 Å². The summed E-state index contributed by atoms with van der Waals surface area (Å²) >= 11 is 0. The van der Waals surface area contributed by atoms with E-state index < -0.39 is 23.8 Å². The summed E-state index contributed by atoms with van der Waals surface area (Å²) in [6.45, 7) is 1.60. The minimum atomic E-state index is -1.17. The third kappa shape index (κ3) is 3.87. The number of hydrogen-bond acceptors (Lipinski definition) is 4. The Kier molecular flexibility index (Phi) is 4.81. The number of carboxylic acids is 1. The van der Waals surface area contributed by atoms with Crippen LogP contribution in [0.1, 0.15) is 23.8 Å². The molecule has 1 aromatic heterocycles. The van der Waals surface area contributed by atoms with Crippen molar-refractivity contribution in [1.29, 1.82) is 5.26 Å². The molecule has 1 aromatic rings. The Balaban J connectivity index is 2.71. The van der Waals surface area contributed by atoms with Gasteiger partial charge in [-0.2, -0.15) is 5.26 Å². The Bertz CT molecular complexity index is 467. The molecule has 0 saturated carbocycles. The largest absolute Gasteiger partial charge is 0.480 e. The summed E-state index contributed by atoms with van der Waals surface area (Å²) in [5.74, 6) is -2.18. The second-order valence-corrected chi connectivity index (χ2v) is 3.85. The van der Waals surface area contributed by atoms with E-state index in [9.17, 15) is 9.59 Å². The second-order valence-electron chi connectivity index (χ2n) is 3.85. The number of carbonyl (C=O) groups is 2. The van der Waals surface area contributed by atoms with E-state index in [1.807, 2.05) is 6.07 Å². The number of aromatic nitrogens is 1. The molecule has 0 radical (unpaired) electrons. The number of hydrogen-bond donors (Lipinski definition) is 2. The Labute approximate surface area is 104 Å². The fraction of sp³-hybridized carbons (Fsp3) is 0.333. The van der Waals surface area contributed by atoms with Crippen LogP contribution in [-0.4, -0.2) is 28.0 Å². The van der Waals surface area contributed by atoms with Crippen LogP contribution < -0.4 is 5.32 Å². The quantitative estimate of drug-likeness (QED) is 0.801. The first-order chi connectivity index (χ1) is 8.54. The second kappa shape index (κ2) is 6.35. The van der Waals surface area contributed by atoms with Gasteiger partial charge >= 0.3 is 5.97 Å². The highest BCUT2D eigenvalue weighted by atomic mass is 16.4. The van der Waals surface area contributed by atoms with Crippen molar-refractivity contribution < 1.29 is 14.7 Å². The van der Waals surface area contributed by atoms with E-state index in [0.717, 1.165) is 0 Å². The zero-order chi connectivity index (χ0) is 13.5. The molecule has 0 aliphatic heterocycles. The lowest BCUT2D eigenvalue weighted by Gasteiger charge is -2.14. The van der Waals surface area contributed by atoms with Gasteiger partial charge in [-0.05, 0) is 25.5 Å². The molecular formula is C12H13N3O3. The molecule has 0 aliphatic rings. The lowest BCUT2D eigenvalue weighted by molar-refractivity contribution is -0.139. The summed E-state index contributed by atoms with van der Waals surface area (Å²) in [5, 5.41) is 20.0. The summed E-state index contributed by atoms with van der Waals surface area (Å²) in [6.07, 6.45) is 1.51. The van der Waals surface area contributed by atoms with Crippen molar-refractivity contribution in [2.75, 3.05) is 0 Å². The molecule has 0 aromatic carbocycles. The maximum atomic E-state index is 11.7. The van der Waals surface area contributed by atoms with Crippen LogP contribution in [0.5, 0.6) is 0 Å². The van der Waals surface area contributed by atoms with Gasteiger partial charge in [-0.3, -0.25) is 9.78 Å². The van der Waals surface area contributed by atoms with E-state index in [1.165, 1.54) is 12.3 Å². The van der Waals surface area contributed by atoms with Crippen LogP contribution in [0.15, 0.2) is 24.4 Å². The smallest absolute Gasteiger partial charge is 0.326 e. The molecule has 6 nitrogen and oxygen atoms in total. The summed E-state index contributed by atoms with van der Waals surface area (Å²) in [4.78, 5) is 26.5. The highest BCUT2D eigenvalue weighted by Crippen LogP contribution is 2.06. The van der Waals surface area contributed by atoms with E-state index >= 15 is 0 Å². The highest BCUT2D eigenvalue weighted by Gasteiger charge is 2.23. The molecule has 0 unspecified atom stereocenters. The van der Waals surface area contributed by atoms with Gasteiger partial charge in [0.1, 0.15) is 11.7 Å². The SMILES string of the molecule is C[C@H](C#N)C[C@@H](NC(=O)c1ccccn1)C(=O)O. The number of carbonyl (C=O) groups excluding carboxylic acids is 1. The monoisotopic (exact) mass is 247 g/mol. The van der Waals surface area contributed by atoms with Crippen molar-refractivity contribution in [3.63, 3.8) is 0 Å². The predicted molar refractivity (Wildman–Crippen MR) is 62.5 cm³/mol. The number of carboxylic acid groups (broad SMARTS) is 1. The molecule has 0 fully saturated rings.